The molecule has 0 saturated carbocycles. The van der Waals surface area contributed by atoms with E-state index in [0.29, 0.717) is 11.6 Å². The van der Waals surface area contributed by atoms with Crippen LogP contribution in [-0.2, 0) is 4.74 Å². The Kier molecular flexibility index (Phi) is 4.99. The zero-order valence-electron chi connectivity index (χ0n) is 12.5. The van der Waals surface area contributed by atoms with Gasteiger partial charge in [-0.05, 0) is 33.6 Å². The molecule has 0 aromatic carbocycles. The molecule has 1 unspecified atom stereocenters. The van der Waals surface area contributed by atoms with Gasteiger partial charge >= 0.3 is 0 Å². The monoisotopic (exact) mass is 242 g/mol. The smallest absolute Gasteiger partial charge is 0.0670 e. The second kappa shape index (κ2) is 5.68. The number of hydrogen-bond acceptors (Lipinski definition) is 3. The van der Waals surface area contributed by atoms with Crippen LogP contribution in [0.1, 0.15) is 47.5 Å². The van der Waals surface area contributed by atoms with Gasteiger partial charge in [0.2, 0.25) is 0 Å². The van der Waals surface area contributed by atoms with Gasteiger partial charge in [-0.1, -0.05) is 13.8 Å². The molecule has 17 heavy (non-hydrogen) atoms. The van der Waals surface area contributed by atoms with Crippen molar-refractivity contribution in [3.8, 4) is 0 Å². The second-order valence-corrected chi connectivity index (χ2v) is 6.08. The summed E-state index contributed by atoms with van der Waals surface area (Å²) >= 11 is 0. The van der Waals surface area contributed by atoms with Gasteiger partial charge in [-0.25, -0.2) is 0 Å². The van der Waals surface area contributed by atoms with Crippen LogP contribution >= 0.6 is 0 Å². The molecule has 0 amide bonds. The number of piperazine rings is 1. The van der Waals surface area contributed by atoms with Crippen molar-refractivity contribution in [3.05, 3.63) is 0 Å². The maximum Gasteiger partial charge on any atom is 0.0670 e. The highest BCUT2D eigenvalue weighted by Gasteiger charge is 2.40. The third-order valence-corrected chi connectivity index (χ3v) is 4.48. The third kappa shape index (κ3) is 3.43. The van der Waals surface area contributed by atoms with E-state index in [2.05, 4.69) is 44.8 Å². The summed E-state index contributed by atoms with van der Waals surface area (Å²) in [7, 11) is 1.80. The molecule has 1 aliphatic heterocycles. The lowest BCUT2D eigenvalue weighted by molar-refractivity contribution is -0.0163. The van der Waals surface area contributed by atoms with Gasteiger partial charge in [0.15, 0.2) is 0 Å². The molecule has 0 aliphatic carbocycles. The molecule has 1 saturated heterocycles. The summed E-state index contributed by atoms with van der Waals surface area (Å²) in [6.45, 7) is 14.6. The van der Waals surface area contributed by atoms with Gasteiger partial charge in [-0.3, -0.25) is 4.90 Å². The van der Waals surface area contributed by atoms with Crippen molar-refractivity contribution in [2.24, 2.45) is 0 Å². The molecule has 3 nitrogen and oxygen atoms in total. The van der Waals surface area contributed by atoms with Crippen LogP contribution in [0, 0.1) is 0 Å². The summed E-state index contributed by atoms with van der Waals surface area (Å²) in [5, 5.41) is 3.76. The highest BCUT2D eigenvalue weighted by molar-refractivity contribution is 5.01. The van der Waals surface area contributed by atoms with Gasteiger partial charge in [0.1, 0.15) is 0 Å². The van der Waals surface area contributed by atoms with Crippen molar-refractivity contribution in [2.75, 3.05) is 26.7 Å². The van der Waals surface area contributed by atoms with E-state index in [1.54, 1.807) is 7.11 Å². The highest BCUT2D eigenvalue weighted by atomic mass is 16.5. The van der Waals surface area contributed by atoms with Crippen molar-refractivity contribution in [1.29, 1.82) is 0 Å². The molecule has 1 atom stereocenters. The van der Waals surface area contributed by atoms with E-state index in [0.717, 1.165) is 19.6 Å². The normalized spacial score (nSPS) is 25.8. The van der Waals surface area contributed by atoms with Crippen LogP contribution < -0.4 is 5.32 Å². The maximum atomic E-state index is 5.42. The Morgan fingerprint density at radius 3 is 2.35 bits per heavy atom. The Morgan fingerprint density at radius 1 is 1.29 bits per heavy atom. The van der Waals surface area contributed by atoms with Gasteiger partial charge in [-0.15, -0.1) is 0 Å². The van der Waals surface area contributed by atoms with E-state index in [1.807, 2.05) is 0 Å². The van der Waals surface area contributed by atoms with Crippen molar-refractivity contribution >= 4 is 0 Å². The summed E-state index contributed by atoms with van der Waals surface area (Å²) in [6, 6.07) is 0. The lowest BCUT2D eigenvalue weighted by Gasteiger charge is -2.52. The van der Waals surface area contributed by atoms with E-state index in [-0.39, 0.29) is 5.54 Å². The van der Waals surface area contributed by atoms with Crippen molar-refractivity contribution in [2.45, 2.75) is 64.6 Å². The molecule has 0 radical (unpaired) electrons. The third-order valence-electron chi connectivity index (χ3n) is 4.48. The van der Waals surface area contributed by atoms with Crippen LogP contribution in [0.2, 0.25) is 0 Å². The zero-order chi connectivity index (χ0) is 13.1. The van der Waals surface area contributed by atoms with Crippen molar-refractivity contribution in [3.63, 3.8) is 0 Å². The van der Waals surface area contributed by atoms with Crippen LogP contribution in [0.15, 0.2) is 0 Å². The molecule has 1 N–H and O–H groups in total. The molecule has 1 heterocycles. The van der Waals surface area contributed by atoms with Crippen LogP contribution in [0.5, 0.6) is 0 Å². The summed E-state index contributed by atoms with van der Waals surface area (Å²) < 4.78 is 5.42. The molecular formula is C14H30N2O. The van der Waals surface area contributed by atoms with Crippen molar-refractivity contribution in [1.82, 2.24) is 10.2 Å². The molecule has 3 heteroatoms. The molecule has 0 aromatic rings. The maximum absolute atomic E-state index is 5.42. The van der Waals surface area contributed by atoms with Gasteiger partial charge in [0, 0.05) is 37.8 Å². The van der Waals surface area contributed by atoms with Crippen LogP contribution in [0.25, 0.3) is 0 Å². The molecule has 1 rings (SSSR count). The minimum atomic E-state index is 0.223. The van der Waals surface area contributed by atoms with Crippen LogP contribution in [0.3, 0.4) is 0 Å². The fourth-order valence-electron chi connectivity index (χ4n) is 2.57. The molecule has 1 aliphatic rings. The number of nitrogens with zero attached hydrogens (tertiary/aromatic N) is 1. The predicted molar refractivity (Wildman–Crippen MR) is 73.4 cm³/mol. The molecular weight excluding hydrogens is 212 g/mol. The molecule has 102 valence electrons. The Morgan fingerprint density at radius 2 is 1.88 bits per heavy atom. The van der Waals surface area contributed by atoms with E-state index < -0.39 is 0 Å². The van der Waals surface area contributed by atoms with Gasteiger partial charge in [-0.2, -0.15) is 0 Å². The standard InChI is InChI=1S/C14H30N2O/c1-7-14(8-2)11-16(9-12(3)17-6)13(4,5)10-15-14/h12,15H,7-11H2,1-6H3. The van der Waals surface area contributed by atoms with E-state index in [9.17, 15) is 0 Å². The largest absolute Gasteiger partial charge is 0.380 e. The van der Waals surface area contributed by atoms with E-state index in [4.69, 9.17) is 4.74 Å². The van der Waals surface area contributed by atoms with Crippen molar-refractivity contribution < 1.29 is 4.74 Å². The summed E-state index contributed by atoms with van der Waals surface area (Å²) in [5.74, 6) is 0. The van der Waals surface area contributed by atoms with Crippen LogP contribution in [-0.4, -0.2) is 48.8 Å². The average molecular weight is 242 g/mol. The zero-order valence-corrected chi connectivity index (χ0v) is 12.5. The fourth-order valence-corrected chi connectivity index (χ4v) is 2.57. The Labute approximate surface area is 107 Å². The first-order valence-electron chi connectivity index (χ1n) is 6.92. The average Bonchev–Trinajstić information content (AvgIpc) is 2.32. The number of methoxy groups -OCH3 is 1. The Hall–Kier alpha value is -0.120. The Balaban J connectivity index is 2.75. The van der Waals surface area contributed by atoms with E-state index in [1.165, 1.54) is 12.8 Å². The first-order valence-corrected chi connectivity index (χ1v) is 6.92. The lowest BCUT2D eigenvalue weighted by atomic mass is 9.85. The predicted octanol–water partition coefficient (Wildman–Crippen LogP) is 2.26. The fraction of sp³-hybridized carbons (Fsp3) is 1.00. The minimum Gasteiger partial charge on any atom is -0.380 e. The van der Waals surface area contributed by atoms with Crippen LogP contribution in [0.4, 0.5) is 0 Å². The summed E-state index contributed by atoms with van der Waals surface area (Å²) in [4.78, 5) is 2.59. The highest BCUT2D eigenvalue weighted by Crippen LogP contribution is 2.28. The Bertz CT molecular complexity index is 236. The second-order valence-electron chi connectivity index (χ2n) is 6.08. The number of hydrogen-bond donors (Lipinski definition) is 1. The first-order chi connectivity index (χ1) is 7.89. The van der Waals surface area contributed by atoms with Gasteiger partial charge in [0.25, 0.3) is 0 Å². The lowest BCUT2D eigenvalue weighted by Crippen LogP contribution is -2.68. The van der Waals surface area contributed by atoms with E-state index >= 15 is 0 Å². The SMILES string of the molecule is CCC1(CC)CN(CC(C)OC)C(C)(C)CN1. The topological polar surface area (TPSA) is 24.5 Å². The molecule has 0 bridgehead atoms. The summed E-state index contributed by atoms with van der Waals surface area (Å²) in [6.07, 6.45) is 2.69. The number of nitrogens with one attached hydrogen (secondary N) is 1. The minimum absolute atomic E-state index is 0.223. The van der Waals surface area contributed by atoms with Gasteiger partial charge < -0.3 is 10.1 Å². The molecule has 0 aromatic heterocycles. The van der Waals surface area contributed by atoms with Gasteiger partial charge in [0.05, 0.1) is 6.10 Å². The number of ether oxygens (including phenoxy) is 1. The first kappa shape index (κ1) is 14.9. The molecule has 1 fully saturated rings. The summed E-state index contributed by atoms with van der Waals surface area (Å²) in [5.41, 5.74) is 0.517. The quantitative estimate of drug-likeness (QED) is 0.800. The number of rotatable bonds is 5. The molecule has 0 spiro atoms.